The number of esters is 3. The van der Waals surface area contributed by atoms with Crippen LogP contribution < -0.4 is 15.7 Å². The number of anilines is 1. The number of methoxy groups -OCH3 is 1. The van der Waals surface area contributed by atoms with Gasteiger partial charge < -0.3 is 53.3 Å². The fraction of sp³-hybridized carbons (Fsp3) is 0.789. The Morgan fingerprint density at radius 1 is 0.458 bits per heavy atom. The van der Waals surface area contributed by atoms with Crippen LogP contribution in [0.4, 0.5) is 5.82 Å². The third-order valence-electron chi connectivity index (χ3n) is 17.5. The zero-order valence-electron chi connectivity index (χ0n) is 60.5. The average Bonchev–Trinajstić information content (AvgIpc) is 1.62. The molecule has 548 valence electrons. The molecule has 2 aromatic heterocycles. The SMILES string of the molecule is CCCCCCCOC(=O)CCCCCCCCN(CCCCCCCCC(=O)OCCCCCCC)CCOCCOCCN(CCCCCCCCC(=O)OCCCCCCC)CCCCCC(=O)Nc1nc(OCCOC)nc2c1[nH]c(=O)n2Cc1ccc(C=O)cc1. The van der Waals surface area contributed by atoms with E-state index in [4.69, 9.17) is 33.2 Å². The molecule has 3 rings (SSSR count). The van der Waals surface area contributed by atoms with E-state index in [0.29, 0.717) is 89.6 Å². The van der Waals surface area contributed by atoms with Crippen molar-refractivity contribution in [1.82, 2.24) is 29.3 Å². The Hall–Kier alpha value is -5.28. The number of nitrogens with zero attached hydrogens (tertiary/aromatic N) is 5. The Labute approximate surface area is 578 Å². The molecular formula is C76H131N7O13. The molecular weight excluding hydrogens is 1220 g/mol. The number of fused-ring (bicyclic) bond motifs is 1. The van der Waals surface area contributed by atoms with E-state index in [9.17, 15) is 28.8 Å². The van der Waals surface area contributed by atoms with Crippen LogP contribution in [0.1, 0.15) is 294 Å². The molecule has 3 aromatic rings. The van der Waals surface area contributed by atoms with Gasteiger partial charge in [0.25, 0.3) is 0 Å². The molecule has 0 radical (unpaired) electrons. The summed E-state index contributed by atoms with van der Waals surface area (Å²) >= 11 is 0. The van der Waals surface area contributed by atoms with Gasteiger partial charge in [-0.05, 0) is 102 Å². The van der Waals surface area contributed by atoms with Gasteiger partial charge >= 0.3 is 29.6 Å². The van der Waals surface area contributed by atoms with Crippen LogP contribution in [0.15, 0.2) is 29.1 Å². The third kappa shape index (κ3) is 44.6. The number of aromatic amines is 1. The Balaban J connectivity index is 1.47. The summed E-state index contributed by atoms with van der Waals surface area (Å²) in [7, 11) is 1.56. The molecule has 2 N–H and O–H groups in total. The summed E-state index contributed by atoms with van der Waals surface area (Å²) in [5.74, 6) is -0.253. The summed E-state index contributed by atoms with van der Waals surface area (Å²) in [4.78, 5) is 91.6. The molecule has 0 saturated heterocycles. The summed E-state index contributed by atoms with van der Waals surface area (Å²) in [6, 6.07) is 6.94. The maximum absolute atomic E-state index is 13.5. The van der Waals surface area contributed by atoms with Crippen LogP contribution in [0.5, 0.6) is 6.01 Å². The molecule has 0 unspecified atom stereocenters. The number of ether oxygens (including phenoxy) is 7. The Kier molecular flexibility index (Phi) is 52.9. The van der Waals surface area contributed by atoms with Crippen LogP contribution in [-0.4, -0.2) is 165 Å². The number of benzene rings is 1. The second-order valence-corrected chi connectivity index (χ2v) is 26.1. The Bertz CT molecular complexity index is 2430. The van der Waals surface area contributed by atoms with Crippen molar-refractivity contribution in [2.24, 2.45) is 0 Å². The van der Waals surface area contributed by atoms with Crippen molar-refractivity contribution in [3.05, 3.63) is 45.9 Å². The predicted molar refractivity (Wildman–Crippen MR) is 384 cm³/mol. The van der Waals surface area contributed by atoms with Crippen LogP contribution in [0, 0.1) is 0 Å². The van der Waals surface area contributed by atoms with E-state index >= 15 is 0 Å². The van der Waals surface area contributed by atoms with Gasteiger partial charge in [-0.2, -0.15) is 9.97 Å². The highest BCUT2D eigenvalue weighted by Crippen LogP contribution is 2.23. The second kappa shape index (κ2) is 59.7. The number of hydrogen-bond acceptors (Lipinski definition) is 17. The molecule has 0 aliphatic carbocycles. The highest BCUT2D eigenvalue weighted by atomic mass is 16.5. The van der Waals surface area contributed by atoms with Gasteiger partial charge in [-0.1, -0.05) is 206 Å². The molecule has 1 aromatic carbocycles. The minimum Gasteiger partial charge on any atom is -0.466 e. The number of nitrogens with one attached hydrogen (secondary N) is 2. The molecule has 0 bridgehead atoms. The zero-order chi connectivity index (χ0) is 69.0. The highest BCUT2D eigenvalue weighted by molar-refractivity contribution is 5.97. The van der Waals surface area contributed by atoms with E-state index in [1.54, 1.807) is 31.4 Å². The molecule has 0 fully saturated rings. The topological polar surface area (TPSA) is 232 Å². The van der Waals surface area contributed by atoms with Crippen molar-refractivity contribution in [1.29, 1.82) is 0 Å². The van der Waals surface area contributed by atoms with E-state index in [1.807, 2.05) is 0 Å². The number of imidazole rings is 1. The van der Waals surface area contributed by atoms with Gasteiger partial charge in [0.15, 0.2) is 11.5 Å². The molecule has 0 aliphatic heterocycles. The number of H-pyrrole nitrogens is 1. The molecule has 0 aliphatic rings. The van der Waals surface area contributed by atoms with Gasteiger partial charge in [0.1, 0.15) is 18.4 Å². The summed E-state index contributed by atoms with van der Waals surface area (Å²) in [5.41, 5.74) is 1.46. The minimum atomic E-state index is -0.426. The molecule has 0 atom stereocenters. The standard InChI is InChI=1S/C76H131N7O13/c1-5-8-11-26-38-55-93-69(86)42-31-20-14-17-23-34-49-81(50-35-24-18-15-21-32-43-70(87)94-56-39-27-12-9-6-2)53-58-91-61-62-92-59-54-82(51-36-25-19-16-22-33-44-71(88)95-57-40-28-13-10-7-3)52-37-29-30-41-68(85)77-73-72-74(80-75(79-73)96-63-60-90-4)83(76(89)78-72)64-66-45-47-67(65-84)48-46-66/h45-48,65H,5-44,49-64H2,1-4H3,(H,78,89)(H,77,79,80,85). The first kappa shape index (κ1) is 84.9. The number of carbonyl (C=O) groups is 5. The number of aromatic nitrogens is 4. The summed E-state index contributed by atoms with van der Waals surface area (Å²) in [5, 5.41) is 2.91. The first-order valence-electron chi connectivity index (χ1n) is 38.1. The number of hydrogen-bond donors (Lipinski definition) is 2. The minimum absolute atomic E-state index is 0.00118. The second-order valence-electron chi connectivity index (χ2n) is 26.1. The number of unbranched alkanes of at least 4 members (excludes halogenated alkanes) is 29. The molecule has 96 heavy (non-hydrogen) atoms. The lowest BCUT2D eigenvalue weighted by Gasteiger charge is -2.23. The summed E-state index contributed by atoms with van der Waals surface area (Å²) < 4.78 is 41.1. The van der Waals surface area contributed by atoms with Gasteiger partial charge in [-0.3, -0.25) is 28.5 Å². The Morgan fingerprint density at radius 3 is 1.28 bits per heavy atom. The van der Waals surface area contributed by atoms with Crippen molar-refractivity contribution >= 4 is 47.1 Å². The van der Waals surface area contributed by atoms with E-state index in [2.05, 4.69) is 50.8 Å². The summed E-state index contributed by atoms with van der Waals surface area (Å²) in [6.07, 6.45) is 41.7. The first-order valence-corrected chi connectivity index (χ1v) is 38.1. The molecule has 20 heteroatoms. The van der Waals surface area contributed by atoms with E-state index in [0.717, 1.165) is 192 Å². The lowest BCUT2D eigenvalue weighted by molar-refractivity contribution is -0.144. The van der Waals surface area contributed by atoms with Crippen molar-refractivity contribution < 1.29 is 57.1 Å². The molecule has 1 amide bonds. The van der Waals surface area contributed by atoms with Gasteiger partial charge in [-0.15, -0.1) is 0 Å². The number of rotatable bonds is 68. The van der Waals surface area contributed by atoms with Crippen molar-refractivity contribution in [2.75, 3.05) is 111 Å². The van der Waals surface area contributed by atoms with Gasteiger partial charge in [0.2, 0.25) is 5.91 Å². The normalized spacial score (nSPS) is 11.5. The third-order valence-corrected chi connectivity index (χ3v) is 17.5. The van der Waals surface area contributed by atoms with E-state index in [1.165, 1.54) is 88.0 Å². The van der Waals surface area contributed by atoms with Crippen LogP contribution in [0.25, 0.3) is 11.2 Å². The quantitative estimate of drug-likeness (QED) is 0.0231. The lowest BCUT2D eigenvalue weighted by Crippen LogP contribution is -2.31. The van der Waals surface area contributed by atoms with E-state index in [-0.39, 0.29) is 60.9 Å². The van der Waals surface area contributed by atoms with E-state index < -0.39 is 5.69 Å². The molecule has 0 saturated carbocycles. The number of carbonyl (C=O) groups excluding carboxylic acids is 5. The van der Waals surface area contributed by atoms with Gasteiger partial charge in [-0.25, -0.2) is 4.79 Å². The molecule has 20 nitrogen and oxygen atoms in total. The maximum atomic E-state index is 13.5. The van der Waals surface area contributed by atoms with Crippen LogP contribution in [-0.2, 0) is 54.1 Å². The van der Waals surface area contributed by atoms with Gasteiger partial charge in [0.05, 0.1) is 59.4 Å². The van der Waals surface area contributed by atoms with Crippen LogP contribution >= 0.6 is 0 Å². The smallest absolute Gasteiger partial charge is 0.328 e. The van der Waals surface area contributed by atoms with Crippen molar-refractivity contribution in [2.45, 2.75) is 284 Å². The first-order chi connectivity index (χ1) is 47.1. The van der Waals surface area contributed by atoms with Gasteiger partial charge in [0, 0.05) is 51.4 Å². The Morgan fingerprint density at radius 2 is 0.854 bits per heavy atom. The fourth-order valence-corrected chi connectivity index (χ4v) is 11.6. The highest BCUT2D eigenvalue weighted by Gasteiger charge is 2.19. The molecule has 2 heterocycles. The van der Waals surface area contributed by atoms with Crippen molar-refractivity contribution in [3.63, 3.8) is 0 Å². The number of amides is 1. The van der Waals surface area contributed by atoms with Crippen LogP contribution in [0.2, 0.25) is 0 Å². The zero-order valence-corrected chi connectivity index (χ0v) is 60.5. The van der Waals surface area contributed by atoms with Crippen molar-refractivity contribution in [3.8, 4) is 6.01 Å². The van der Waals surface area contributed by atoms with Crippen LogP contribution in [0.3, 0.4) is 0 Å². The fourth-order valence-electron chi connectivity index (χ4n) is 11.6. The lowest BCUT2D eigenvalue weighted by atomic mass is 10.1. The summed E-state index contributed by atoms with van der Waals surface area (Å²) in [6.45, 7) is 16.8. The maximum Gasteiger partial charge on any atom is 0.328 e. The monoisotopic (exact) mass is 1350 g/mol. The predicted octanol–water partition coefficient (Wildman–Crippen LogP) is 15.9. The number of aldehydes is 1. The molecule has 0 spiro atoms. The average molecular weight is 1350 g/mol. The largest absolute Gasteiger partial charge is 0.466 e.